The average molecular weight is 263 g/mol. The normalized spacial score (nSPS) is 12.7. The zero-order valence-corrected chi connectivity index (χ0v) is 11.5. The van der Waals surface area contributed by atoms with E-state index in [0.29, 0.717) is 23.6 Å². The minimum Gasteiger partial charge on any atom is -0.342 e. The van der Waals surface area contributed by atoms with E-state index in [0.717, 1.165) is 32.2 Å². The SMILES string of the molecule is CCCNC(CCC)Cc1nc(-c2ncc[nH]2)no1. The van der Waals surface area contributed by atoms with Crippen LogP contribution < -0.4 is 5.32 Å². The first-order valence-corrected chi connectivity index (χ1v) is 6.89. The van der Waals surface area contributed by atoms with Crippen LogP contribution in [0.5, 0.6) is 0 Å². The lowest BCUT2D eigenvalue weighted by molar-refractivity contribution is 0.350. The molecule has 0 aromatic carbocycles. The van der Waals surface area contributed by atoms with Gasteiger partial charge in [0.25, 0.3) is 0 Å². The molecule has 0 amide bonds. The fourth-order valence-corrected chi connectivity index (χ4v) is 2.01. The van der Waals surface area contributed by atoms with Gasteiger partial charge in [-0.1, -0.05) is 25.4 Å². The molecular weight excluding hydrogens is 242 g/mol. The summed E-state index contributed by atoms with van der Waals surface area (Å²) in [5, 5.41) is 7.46. The van der Waals surface area contributed by atoms with Crippen LogP contribution in [0.2, 0.25) is 0 Å². The minimum atomic E-state index is 0.398. The maximum atomic E-state index is 5.28. The standard InChI is InChI=1S/C13H21N5O/c1-3-5-10(14-6-4-2)9-11-17-13(18-19-11)12-15-7-8-16-12/h7-8,10,14H,3-6,9H2,1-2H3,(H,15,16). The summed E-state index contributed by atoms with van der Waals surface area (Å²) in [6.07, 6.45) is 7.56. The summed E-state index contributed by atoms with van der Waals surface area (Å²) < 4.78 is 5.28. The molecule has 0 saturated carbocycles. The third-order valence-electron chi connectivity index (χ3n) is 2.92. The van der Waals surface area contributed by atoms with Crippen molar-refractivity contribution >= 4 is 0 Å². The van der Waals surface area contributed by atoms with Gasteiger partial charge in [-0.15, -0.1) is 0 Å². The molecule has 0 aliphatic heterocycles. The highest BCUT2D eigenvalue weighted by Gasteiger charge is 2.15. The Morgan fingerprint density at radius 1 is 1.37 bits per heavy atom. The zero-order valence-electron chi connectivity index (χ0n) is 11.5. The summed E-state index contributed by atoms with van der Waals surface area (Å²) >= 11 is 0. The molecule has 0 spiro atoms. The average Bonchev–Trinajstić information content (AvgIpc) is 3.06. The summed E-state index contributed by atoms with van der Waals surface area (Å²) in [6, 6.07) is 0.398. The first-order valence-electron chi connectivity index (χ1n) is 6.89. The first-order chi connectivity index (χ1) is 9.33. The lowest BCUT2D eigenvalue weighted by Crippen LogP contribution is -2.31. The van der Waals surface area contributed by atoms with Crippen molar-refractivity contribution in [1.29, 1.82) is 0 Å². The highest BCUT2D eigenvalue weighted by molar-refractivity contribution is 5.40. The van der Waals surface area contributed by atoms with E-state index >= 15 is 0 Å². The van der Waals surface area contributed by atoms with Crippen molar-refractivity contribution in [2.24, 2.45) is 0 Å². The van der Waals surface area contributed by atoms with Gasteiger partial charge in [-0.3, -0.25) is 0 Å². The molecule has 2 aromatic heterocycles. The second kappa shape index (κ2) is 7.04. The van der Waals surface area contributed by atoms with Gasteiger partial charge in [-0.2, -0.15) is 4.98 Å². The maximum absolute atomic E-state index is 5.28. The molecular formula is C13H21N5O. The van der Waals surface area contributed by atoms with Crippen LogP contribution in [0, 0.1) is 0 Å². The minimum absolute atomic E-state index is 0.398. The molecule has 0 radical (unpaired) electrons. The molecule has 0 aliphatic rings. The highest BCUT2D eigenvalue weighted by Crippen LogP contribution is 2.12. The second-order valence-electron chi connectivity index (χ2n) is 4.59. The summed E-state index contributed by atoms with van der Waals surface area (Å²) in [6.45, 7) is 5.37. The lowest BCUT2D eigenvalue weighted by atomic mass is 10.1. The summed E-state index contributed by atoms with van der Waals surface area (Å²) in [5.41, 5.74) is 0. The van der Waals surface area contributed by atoms with Gasteiger partial charge < -0.3 is 14.8 Å². The van der Waals surface area contributed by atoms with E-state index in [2.05, 4.69) is 39.3 Å². The molecule has 2 heterocycles. The number of hydrogen-bond donors (Lipinski definition) is 2. The van der Waals surface area contributed by atoms with Gasteiger partial charge in [0.15, 0.2) is 5.82 Å². The van der Waals surface area contributed by atoms with Crippen LogP contribution in [-0.2, 0) is 6.42 Å². The van der Waals surface area contributed by atoms with Gasteiger partial charge in [-0.25, -0.2) is 4.98 Å². The molecule has 0 aliphatic carbocycles. The Labute approximate surface area is 113 Å². The highest BCUT2D eigenvalue weighted by atomic mass is 16.5. The van der Waals surface area contributed by atoms with Gasteiger partial charge in [0.1, 0.15) is 0 Å². The van der Waals surface area contributed by atoms with E-state index in [1.807, 2.05) is 0 Å². The number of rotatable bonds is 8. The van der Waals surface area contributed by atoms with Gasteiger partial charge in [-0.05, 0) is 19.4 Å². The number of aromatic amines is 1. The van der Waals surface area contributed by atoms with Crippen LogP contribution in [0.4, 0.5) is 0 Å². The van der Waals surface area contributed by atoms with E-state index in [4.69, 9.17) is 4.52 Å². The van der Waals surface area contributed by atoms with Crippen molar-refractivity contribution in [3.63, 3.8) is 0 Å². The van der Waals surface area contributed by atoms with Crippen molar-refractivity contribution in [1.82, 2.24) is 25.4 Å². The summed E-state index contributed by atoms with van der Waals surface area (Å²) in [4.78, 5) is 11.4. The van der Waals surface area contributed by atoms with Crippen molar-refractivity contribution in [3.8, 4) is 11.6 Å². The summed E-state index contributed by atoms with van der Waals surface area (Å²) in [7, 11) is 0. The van der Waals surface area contributed by atoms with Crippen molar-refractivity contribution < 1.29 is 4.52 Å². The Morgan fingerprint density at radius 2 is 2.26 bits per heavy atom. The van der Waals surface area contributed by atoms with Crippen LogP contribution in [-0.4, -0.2) is 32.7 Å². The molecule has 0 saturated heterocycles. The van der Waals surface area contributed by atoms with Crippen LogP contribution in [0.25, 0.3) is 11.6 Å². The van der Waals surface area contributed by atoms with E-state index in [9.17, 15) is 0 Å². The number of imidazole rings is 1. The smallest absolute Gasteiger partial charge is 0.238 e. The Kier molecular flexibility index (Phi) is 5.09. The van der Waals surface area contributed by atoms with E-state index < -0.39 is 0 Å². The quantitative estimate of drug-likeness (QED) is 0.763. The lowest BCUT2D eigenvalue weighted by Gasteiger charge is -2.15. The first kappa shape index (κ1) is 13.7. The third-order valence-corrected chi connectivity index (χ3v) is 2.92. The van der Waals surface area contributed by atoms with E-state index in [1.165, 1.54) is 0 Å². The molecule has 6 heteroatoms. The fourth-order valence-electron chi connectivity index (χ4n) is 2.01. The van der Waals surface area contributed by atoms with Gasteiger partial charge in [0.2, 0.25) is 11.7 Å². The molecule has 0 bridgehead atoms. The Morgan fingerprint density at radius 3 is 2.95 bits per heavy atom. The van der Waals surface area contributed by atoms with Gasteiger partial charge in [0, 0.05) is 24.9 Å². The molecule has 2 rings (SSSR count). The molecule has 0 fully saturated rings. The van der Waals surface area contributed by atoms with Crippen LogP contribution >= 0.6 is 0 Å². The molecule has 1 unspecified atom stereocenters. The van der Waals surface area contributed by atoms with Crippen molar-refractivity contribution in [2.75, 3.05) is 6.54 Å². The predicted molar refractivity (Wildman–Crippen MR) is 72.6 cm³/mol. The fraction of sp³-hybridized carbons (Fsp3) is 0.615. The van der Waals surface area contributed by atoms with Crippen LogP contribution in [0.3, 0.4) is 0 Å². The Balaban J connectivity index is 1.97. The largest absolute Gasteiger partial charge is 0.342 e. The van der Waals surface area contributed by atoms with Crippen molar-refractivity contribution in [3.05, 3.63) is 18.3 Å². The van der Waals surface area contributed by atoms with Crippen LogP contribution in [0.15, 0.2) is 16.9 Å². The molecule has 104 valence electrons. The Hall–Kier alpha value is -1.69. The summed E-state index contributed by atoms with van der Waals surface area (Å²) in [5.74, 6) is 1.82. The van der Waals surface area contributed by atoms with E-state index in [1.54, 1.807) is 12.4 Å². The predicted octanol–water partition coefficient (Wildman–Crippen LogP) is 2.17. The molecule has 1 atom stereocenters. The van der Waals surface area contributed by atoms with Crippen LogP contribution in [0.1, 0.15) is 39.0 Å². The number of H-pyrrole nitrogens is 1. The molecule has 6 nitrogen and oxygen atoms in total. The third kappa shape index (κ3) is 3.89. The molecule has 2 aromatic rings. The monoisotopic (exact) mass is 263 g/mol. The van der Waals surface area contributed by atoms with E-state index in [-0.39, 0.29) is 0 Å². The Bertz CT molecular complexity index is 465. The van der Waals surface area contributed by atoms with Crippen molar-refractivity contribution in [2.45, 2.75) is 45.6 Å². The number of nitrogens with zero attached hydrogens (tertiary/aromatic N) is 3. The molecule has 19 heavy (non-hydrogen) atoms. The number of nitrogens with one attached hydrogen (secondary N) is 2. The topological polar surface area (TPSA) is 79.6 Å². The van der Waals surface area contributed by atoms with Gasteiger partial charge >= 0.3 is 0 Å². The second-order valence-corrected chi connectivity index (χ2v) is 4.59. The van der Waals surface area contributed by atoms with Gasteiger partial charge in [0.05, 0.1) is 0 Å². The number of aromatic nitrogens is 4. The molecule has 2 N–H and O–H groups in total. The zero-order chi connectivity index (χ0) is 13.5. The maximum Gasteiger partial charge on any atom is 0.238 e. The number of hydrogen-bond acceptors (Lipinski definition) is 5.